The summed E-state index contributed by atoms with van der Waals surface area (Å²) in [5.41, 5.74) is 1.38. The molecule has 1 fully saturated rings. The molecule has 1 saturated heterocycles. The van der Waals surface area contributed by atoms with Gasteiger partial charge in [-0.2, -0.15) is 10.1 Å². The van der Waals surface area contributed by atoms with E-state index >= 15 is 0 Å². The summed E-state index contributed by atoms with van der Waals surface area (Å²) in [5.74, 6) is 0.253. The second-order valence-corrected chi connectivity index (χ2v) is 7.90. The van der Waals surface area contributed by atoms with Crippen molar-refractivity contribution in [2.45, 2.75) is 32.6 Å². The van der Waals surface area contributed by atoms with Crippen molar-refractivity contribution in [3.8, 4) is 0 Å². The molecule has 27 heavy (non-hydrogen) atoms. The molecule has 3 aromatic heterocycles. The maximum Gasteiger partial charge on any atom is 0.280 e. The van der Waals surface area contributed by atoms with E-state index in [2.05, 4.69) is 22.0 Å². The van der Waals surface area contributed by atoms with Crippen LogP contribution in [-0.4, -0.2) is 43.5 Å². The predicted molar refractivity (Wildman–Crippen MR) is 97.2 cm³/mol. The van der Waals surface area contributed by atoms with E-state index < -0.39 is 6.43 Å². The highest BCUT2D eigenvalue weighted by Crippen LogP contribution is 2.34. The van der Waals surface area contributed by atoms with Crippen LogP contribution in [0.5, 0.6) is 0 Å². The van der Waals surface area contributed by atoms with Crippen molar-refractivity contribution >= 4 is 23.0 Å². The van der Waals surface area contributed by atoms with Crippen LogP contribution >= 0.6 is 11.3 Å². The molecule has 4 heterocycles. The number of alkyl halides is 2. The van der Waals surface area contributed by atoms with E-state index in [9.17, 15) is 13.6 Å². The maximum atomic E-state index is 13.3. The Bertz CT molecular complexity index is 985. The summed E-state index contributed by atoms with van der Waals surface area (Å²) in [6.45, 7) is 5.14. The van der Waals surface area contributed by atoms with Crippen molar-refractivity contribution in [1.29, 1.82) is 0 Å². The summed E-state index contributed by atoms with van der Waals surface area (Å²) >= 11 is 1.43. The summed E-state index contributed by atoms with van der Waals surface area (Å²) in [5, 5.41) is 6.11. The Morgan fingerprint density at radius 2 is 2.19 bits per heavy atom. The number of hydrogen-bond acceptors (Lipinski definition) is 5. The van der Waals surface area contributed by atoms with Crippen LogP contribution in [-0.2, 0) is 0 Å². The molecule has 0 N–H and O–H groups in total. The van der Waals surface area contributed by atoms with Crippen LogP contribution in [0.1, 0.15) is 52.3 Å². The number of aryl methyl sites for hydroxylation is 1. The average molecular weight is 391 g/mol. The predicted octanol–water partition coefficient (Wildman–Crippen LogP) is 3.70. The number of aromatic nitrogens is 4. The molecular weight excluding hydrogens is 372 g/mol. The van der Waals surface area contributed by atoms with Gasteiger partial charge in [-0.1, -0.05) is 6.92 Å². The Hall–Kier alpha value is -2.42. The van der Waals surface area contributed by atoms with Crippen LogP contribution in [0.4, 0.5) is 8.78 Å². The number of nitrogens with zero attached hydrogens (tertiary/aromatic N) is 5. The number of amides is 1. The third-order valence-electron chi connectivity index (χ3n) is 5.09. The van der Waals surface area contributed by atoms with Gasteiger partial charge in [0.25, 0.3) is 18.1 Å². The minimum Gasteiger partial charge on any atom is -0.337 e. The number of carbonyl (C=O) groups is 1. The summed E-state index contributed by atoms with van der Waals surface area (Å²) in [6.07, 6.45) is -0.578. The van der Waals surface area contributed by atoms with Crippen molar-refractivity contribution < 1.29 is 13.6 Å². The zero-order valence-corrected chi connectivity index (χ0v) is 15.8. The molecule has 6 nitrogen and oxygen atoms in total. The number of hydrogen-bond donors (Lipinski definition) is 0. The molecule has 0 aliphatic carbocycles. The van der Waals surface area contributed by atoms with Gasteiger partial charge in [0.2, 0.25) is 0 Å². The van der Waals surface area contributed by atoms with E-state index in [1.54, 1.807) is 4.90 Å². The Morgan fingerprint density at radius 1 is 1.37 bits per heavy atom. The molecule has 4 rings (SSSR count). The Morgan fingerprint density at radius 3 is 2.89 bits per heavy atom. The van der Waals surface area contributed by atoms with Gasteiger partial charge in [0.1, 0.15) is 12.0 Å². The zero-order valence-electron chi connectivity index (χ0n) is 15.0. The van der Waals surface area contributed by atoms with E-state index in [0.29, 0.717) is 23.7 Å². The fraction of sp³-hybridized carbons (Fsp3) is 0.444. The Labute approximate surface area is 158 Å². The first-order valence-electron chi connectivity index (χ1n) is 8.77. The highest BCUT2D eigenvalue weighted by atomic mass is 32.1. The van der Waals surface area contributed by atoms with Crippen LogP contribution in [0.2, 0.25) is 0 Å². The van der Waals surface area contributed by atoms with Crippen molar-refractivity contribution in [2.24, 2.45) is 5.92 Å². The molecule has 0 bridgehead atoms. The maximum absolute atomic E-state index is 13.3. The lowest BCUT2D eigenvalue weighted by Crippen LogP contribution is -2.42. The number of likely N-dealkylation sites (tertiary alicyclic amines) is 1. The van der Waals surface area contributed by atoms with Gasteiger partial charge < -0.3 is 4.90 Å². The van der Waals surface area contributed by atoms with Gasteiger partial charge in [-0.05, 0) is 42.3 Å². The Kier molecular flexibility index (Phi) is 4.63. The Balaban J connectivity index is 1.69. The molecule has 3 aromatic rings. The molecule has 0 unspecified atom stereocenters. The first-order chi connectivity index (χ1) is 12.9. The monoisotopic (exact) mass is 391 g/mol. The molecule has 0 spiro atoms. The van der Waals surface area contributed by atoms with Crippen LogP contribution in [0.15, 0.2) is 23.8 Å². The first-order valence-corrected chi connectivity index (χ1v) is 9.65. The van der Waals surface area contributed by atoms with Gasteiger partial charge in [-0.25, -0.2) is 18.3 Å². The summed E-state index contributed by atoms with van der Waals surface area (Å²) in [7, 11) is 0. The highest BCUT2D eigenvalue weighted by Gasteiger charge is 2.33. The smallest absolute Gasteiger partial charge is 0.280 e. The van der Waals surface area contributed by atoms with Crippen molar-refractivity contribution in [3.05, 3.63) is 45.7 Å². The van der Waals surface area contributed by atoms with E-state index in [0.717, 1.165) is 12.0 Å². The minimum absolute atomic E-state index is 0.0111. The molecule has 0 radical (unpaired) electrons. The van der Waals surface area contributed by atoms with Crippen molar-refractivity contribution in [3.63, 3.8) is 0 Å². The minimum atomic E-state index is -2.68. The van der Waals surface area contributed by atoms with Crippen LogP contribution < -0.4 is 0 Å². The quantitative estimate of drug-likeness (QED) is 0.683. The molecule has 1 aliphatic heterocycles. The first kappa shape index (κ1) is 18.0. The third kappa shape index (κ3) is 3.31. The number of fused-ring (bicyclic) bond motifs is 1. The third-order valence-corrected chi connectivity index (χ3v) is 6.13. The van der Waals surface area contributed by atoms with E-state index in [1.165, 1.54) is 28.2 Å². The molecule has 1 aliphatic rings. The molecule has 0 aromatic carbocycles. The molecule has 9 heteroatoms. The summed E-state index contributed by atoms with van der Waals surface area (Å²) in [6, 6.07) is 3.29. The summed E-state index contributed by atoms with van der Waals surface area (Å²) in [4.78, 5) is 23.2. The molecular formula is C18H19F2N5OS. The second-order valence-electron chi connectivity index (χ2n) is 6.99. The fourth-order valence-electron chi connectivity index (χ4n) is 3.57. The van der Waals surface area contributed by atoms with Gasteiger partial charge in [0.15, 0.2) is 0 Å². The molecule has 142 valence electrons. The number of thiophene rings is 1. The number of piperidine rings is 1. The van der Waals surface area contributed by atoms with Crippen LogP contribution in [0.3, 0.4) is 0 Å². The van der Waals surface area contributed by atoms with Crippen molar-refractivity contribution in [2.75, 3.05) is 13.1 Å². The van der Waals surface area contributed by atoms with Gasteiger partial charge in [-0.15, -0.1) is 11.3 Å². The number of halogens is 2. The standard InChI is InChI=1S/C18H19F2N5OS/c1-10-5-15(27-8-10)17(26)24-4-3-11(2)12(7-24)14-6-13(16(19)20)23-18-21-9-22-25(14)18/h5-6,8-9,11-12,16H,3-4,7H2,1-2H3/t11-,12-/m1/s1. The van der Waals surface area contributed by atoms with Gasteiger partial charge in [0, 0.05) is 19.0 Å². The SMILES string of the molecule is Cc1csc(C(=O)N2CC[C@@H](C)[C@H](c3cc(C(F)F)nc4ncnn34)C2)c1. The molecule has 1 amide bonds. The van der Waals surface area contributed by atoms with Crippen LogP contribution in [0, 0.1) is 12.8 Å². The normalized spacial score (nSPS) is 20.6. The number of rotatable bonds is 3. The van der Waals surface area contributed by atoms with Crippen LogP contribution in [0.25, 0.3) is 5.78 Å². The molecule has 2 atom stereocenters. The lowest BCUT2D eigenvalue weighted by molar-refractivity contribution is 0.0670. The second kappa shape index (κ2) is 6.95. The van der Waals surface area contributed by atoms with E-state index in [-0.39, 0.29) is 29.2 Å². The van der Waals surface area contributed by atoms with Gasteiger partial charge >= 0.3 is 0 Å². The highest BCUT2D eigenvalue weighted by molar-refractivity contribution is 7.12. The topological polar surface area (TPSA) is 63.4 Å². The zero-order chi connectivity index (χ0) is 19.1. The summed E-state index contributed by atoms with van der Waals surface area (Å²) < 4.78 is 28.1. The van der Waals surface area contributed by atoms with Gasteiger partial charge in [0.05, 0.1) is 10.6 Å². The molecule has 0 saturated carbocycles. The van der Waals surface area contributed by atoms with E-state index in [4.69, 9.17) is 0 Å². The van der Waals surface area contributed by atoms with Crippen molar-refractivity contribution in [1.82, 2.24) is 24.5 Å². The largest absolute Gasteiger partial charge is 0.337 e. The number of carbonyl (C=O) groups excluding carboxylic acids is 1. The van der Waals surface area contributed by atoms with E-state index in [1.807, 2.05) is 18.4 Å². The average Bonchev–Trinajstić information content (AvgIpc) is 3.29. The lowest BCUT2D eigenvalue weighted by Gasteiger charge is -2.37. The van der Waals surface area contributed by atoms with Gasteiger partial charge in [-0.3, -0.25) is 4.79 Å². The fourth-order valence-corrected chi connectivity index (χ4v) is 4.43. The lowest BCUT2D eigenvalue weighted by atomic mass is 9.84.